The van der Waals surface area contributed by atoms with Gasteiger partial charge in [0.2, 0.25) is 0 Å². The van der Waals surface area contributed by atoms with Crippen LogP contribution in [0.2, 0.25) is 0 Å². The third-order valence-corrected chi connectivity index (χ3v) is 7.58. The van der Waals surface area contributed by atoms with Gasteiger partial charge in [-0.1, -0.05) is 30.3 Å². The number of halogens is 3. The number of carboxylic acids is 1. The van der Waals surface area contributed by atoms with Crippen molar-refractivity contribution in [3.63, 3.8) is 0 Å². The number of likely N-dealkylation sites (tertiary alicyclic amines) is 2. The lowest BCUT2D eigenvalue weighted by molar-refractivity contribution is -0.192. The summed E-state index contributed by atoms with van der Waals surface area (Å²) in [5, 5.41) is 13.2. The summed E-state index contributed by atoms with van der Waals surface area (Å²) in [5.41, 5.74) is 2.81. The lowest BCUT2D eigenvalue weighted by atomic mass is 9.98. The van der Waals surface area contributed by atoms with Crippen molar-refractivity contribution in [2.75, 3.05) is 39.3 Å². The number of Topliss-reactive ketones (excluding diaryl/α,β-unsaturated/α-hetero) is 1. The molecule has 2 saturated heterocycles. The molecule has 0 aliphatic carbocycles. The van der Waals surface area contributed by atoms with Crippen LogP contribution in [0.25, 0.3) is 0 Å². The molecule has 0 spiro atoms. The number of dihydropyridines is 1. The first-order valence-electron chi connectivity index (χ1n) is 13.9. The first-order chi connectivity index (χ1) is 19.7. The minimum absolute atomic E-state index is 0.0535. The van der Waals surface area contributed by atoms with E-state index in [0.717, 1.165) is 44.7 Å². The highest BCUT2D eigenvalue weighted by Gasteiger charge is 2.43. The maximum absolute atomic E-state index is 13.2. The number of carbonyl (C=O) groups is 4. The maximum atomic E-state index is 13.2. The largest absolute Gasteiger partial charge is 0.490 e. The molecule has 1 aromatic carbocycles. The van der Waals surface area contributed by atoms with Crippen molar-refractivity contribution in [2.45, 2.75) is 52.4 Å². The van der Waals surface area contributed by atoms with Gasteiger partial charge < -0.3 is 25.5 Å². The van der Waals surface area contributed by atoms with Crippen LogP contribution in [0.4, 0.5) is 18.0 Å². The molecule has 42 heavy (non-hydrogen) atoms. The Morgan fingerprint density at radius 1 is 1.02 bits per heavy atom. The summed E-state index contributed by atoms with van der Waals surface area (Å²) in [7, 11) is 0. The first kappa shape index (κ1) is 32.8. The fraction of sp³-hybridized carbons (Fsp3) is 0.552. The van der Waals surface area contributed by atoms with Gasteiger partial charge in [0.1, 0.15) is 6.54 Å². The number of rotatable bonds is 7. The molecule has 0 saturated carbocycles. The van der Waals surface area contributed by atoms with Crippen molar-refractivity contribution in [1.29, 1.82) is 0 Å². The van der Waals surface area contributed by atoms with E-state index in [-0.39, 0.29) is 36.3 Å². The molecule has 2 fully saturated rings. The number of aliphatic imine (C=N–C) groups is 1. The van der Waals surface area contributed by atoms with Crippen LogP contribution >= 0.6 is 0 Å². The number of hydrogen-bond acceptors (Lipinski definition) is 6. The van der Waals surface area contributed by atoms with Gasteiger partial charge in [-0.15, -0.1) is 0 Å². The Morgan fingerprint density at radius 2 is 1.60 bits per heavy atom. The van der Waals surface area contributed by atoms with E-state index in [0.29, 0.717) is 28.7 Å². The van der Waals surface area contributed by atoms with E-state index in [1.54, 1.807) is 6.92 Å². The van der Waals surface area contributed by atoms with Gasteiger partial charge in [0.05, 0.1) is 11.6 Å². The summed E-state index contributed by atoms with van der Waals surface area (Å²) in [6, 6.07) is 9.97. The van der Waals surface area contributed by atoms with Crippen molar-refractivity contribution in [1.82, 2.24) is 20.4 Å². The predicted molar refractivity (Wildman–Crippen MR) is 150 cm³/mol. The molecule has 10 nitrogen and oxygen atoms in total. The Labute approximate surface area is 243 Å². The number of amides is 3. The zero-order valence-corrected chi connectivity index (χ0v) is 24.2. The molecule has 4 rings (SSSR count). The topological polar surface area (TPSA) is 131 Å². The highest BCUT2D eigenvalue weighted by molar-refractivity contribution is 6.27. The van der Waals surface area contributed by atoms with E-state index in [2.05, 4.69) is 32.7 Å². The van der Waals surface area contributed by atoms with Gasteiger partial charge in [-0.2, -0.15) is 13.2 Å². The number of fused-ring (bicyclic) bond motifs is 1. The fourth-order valence-corrected chi connectivity index (χ4v) is 5.49. The monoisotopic (exact) mass is 593 g/mol. The predicted octanol–water partition coefficient (Wildman–Crippen LogP) is 3.21. The minimum Gasteiger partial charge on any atom is -0.475 e. The number of urea groups is 1. The number of alkyl halides is 3. The molecule has 3 aliphatic rings. The van der Waals surface area contributed by atoms with Gasteiger partial charge in [0, 0.05) is 50.1 Å². The Balaban J connectivity index is 0.000000616. The van der Waals surface area contributed by atoms with Crippen LogP contribution < -0.4 is 10.6 Å². The average Bonchev–Trinajstić information content (AvgIpc) is 3.48. The van der Waals surface area contributed by atoms with Gasteiger partial charge in [-0.25, -0.2) is 9.59 Å². The molecular formula is C29H38F3N5O5. The third-order valence-electron chi connectivity index (χ3n) is 7.58. The van der Waals surface area contributed by atoms with Crippen LogP contribution in [0.15, 0.2) is 46.5 Å². The second-order valence-electron chi connectivity index (χ2n) is 11.1. The summed E-state index contributed by atoms with van der Waals surface area (Å²) in [6.45, 7) is 11.8. The van der Waals surface area contributed by atoms with Gasteiger partial charge in [-0.05, 0) is 51.5 Å². The molecule has 3 atom stereocenters. The smallest absolute Gasteiger partial charge is 0.475 e. The highest BCUT2D eigenvalue weighted by atomic mass is 19.4. The van der Waals surface area contributed by atoms with Crippen LogP contribution in [-0.2, 0) is 14.4 Å². The molecule has 0 aromatic heterocycles. The summed E-state index contributed by atoms with van der Waals surface area (Å²) in [4.78, 5) is 55.2. The molecule has 1 aromatic rings. The summed E-state index contributed by atoms with van der Waals surface area (Å²) in [6.07, 6.45) is -4.26. The highest BCUT2D eigenvalue weighted by Crippen LogP contribution is 2.33. The normalized spacial score (nSPS) is 21.4. The lowest BCUT2D eigenvalue weighted by Crippen LogP contribution is -2.42. The van der Waals surface area contributed by atoms with Crippen LogP contribution in [0.3, 0.4) is 0 Å². The summed E-state index contributed by atoms with van der Waals surface area (Å²) < 4.78 is 31.7. The molecule has 13 heteroatoms. The van der Waals surface area contributed by atoms with Crippen LogP contribution in [-0.4, -0.2) is 95.8 Å². The number of benzene rings is 1. The van der Waals surface area contributed by atoms with Gasteiger partial charge in [0.25, 0.3) is 5.91 Å². The number of aliphatic carboxylic acids is 1. The van der Waals surface area contributed by atoms with Crippen molar-refractivity contribution in [2.24, 2.45) is 16.8 Å². The number of nitrogens with one attached hydrogen (secondary N) is 2. The number of nitrogens with zero attached hydrogens (tertiary/aromatic N) is 3. The maximum Gasteiger partial charge on any atom is 0.490 e. The first-order valence-corrected chi connectivity index (χ1v) is 13.9. The average molecular weight is 594 g/mol. The fourth-order valence-electron chi connectivity index (χ4n) is 5.49. The number of carboxylic acid groups (broad SMARTS) is 1. The van der Waals surface area contributed by atoms with Crippen LogP contribution in [0.5, 0.6) is 0 Å². The molecular weight excluding hydrogens is 555 g/mol. The molecule has 3 amide bonds. The van der Waals surface area contributed by atoms with Crippen molar-refractivity contribution >= 4 is 29.4 Å². The van der Waals surface area contributed by atoms with E-state index in [4.69, 9.17) is 9.90 Å². The Hall–Kier alpha value is -3.74. The molecule has 3 heterocycles. The molecule has 0 radical (unpaired) electrons. The Bertz CT molecular complexity index is 1220. The van der Waals surface area contributed by atoms with Crippen molar-refractivity contribution < 1.29 is 37.5 Å². The van der Waals surface area contributed by atoms with Crippen LogP contribution in [0.1, 0.15) is 45.7 Å². The van der Waals surface area contributed by atoms with E-state index >= 15 is 0 Å². The van der Waals surface area contributed by atoms with E-state index < -0.39 is 12.1 Å². The Morgan fingerprint density at radius 3 is 2.12 bits per heavy atom. The van der Waals surface area contributed by atoms with Gasteiger partial charge in [-0.3, -0.25) is 14.6 Å². The quantitative estimate of drug-likeness (QED) is 0.445. The van der Waals surface area contributed by atoms with Crippen LogP contribution in [0, 0.1) is 11.8 Å². The molecule has 2 unspecified atom stereocenters. The minimum atomic E-state index is -5.08. The molecule has 3 aliphatic heterocycles. The Kier molecular flexibility index (Phi) is 10.9. The second-order valence-corrected chi connectivity index (χ2v) is 11.1. The standard InChI is InChI=1S/C27H37N5O3.C2HF3O2/c1-17(2)29-27(35)30-23(20-8-6-5-7-9-20)10-11-31-13-21-15-32(16-22(21)14-31)26(34)25-18(3)24(33)12-28-19(25)4;3-2(4,5)1(6)7/h5-9,17,21-23H,10-16H2,1-4H3,(H2,29,30,35);(H,6,7)/t21-,22?,23?;/m0./s1. The van der Waals surface area contributed by atoms with Gasteiger partial charge >= 0.3 is 18.2 Å². The summed E-state index contributed by atoms with van der Waals surface area (Å²) >= 11 is 0. The number of hydrogen-bond donors (Lipinski definition) is 3. The van der Waals surface area contributed by atoms with Gasteiger partial charge in [0.15, 0.2) is 5.78 Å². The number of carbonyl (C=O) groups excluding carboxylic acids is 3. The second kappa shape index (κ2) is 14.0. The van der Waals surface area contributed by atoms with E-state index in [9.17, 15) is 27.6 Å². The zero-order valence-electron chi connectivity index (χ0n) is 24.2. The van der Waals surface area contributed by atoms with Crippen molar-refractivity contribution in [3.05, 3.63) is 47.0 Å². The molecule has 3 N–H and O–H groups in total. The molecule has 0 bridgehead atoms. The number of ketones is 1. The lowest BCUT2D eigenvalue weighted by Gasteiger charge is -2.26. The summed E-state index contributed by atoms with van der Waals surface area (Å²) in [5.74, 6) is -2.00. The molecule has 230 valence electrons. The SMILES string of the molecule is CC1=NCC(=O)C(C)=C1C(=O)N1CC2CN(CCC(NC(=O)NC(C)C)c3ccccc3)C[C@H]2C1.O=C(O)C(F)(F)F. The third kappa shape index (κ3) is 8.63. The van der Waals surface area contributed by atoms with Crippen molar-refractivity contribution in [3.8, 4) is 0 Å². The van der Waals surface area contributed by atoms with E-state index in [1.807, 2.05) is 43.9 Å². The zero-order chi connectivity index (χ0) is 31.2. The van der Waals surface area contributed by atoms with E-state index in [1.165, 1.54) is 0 Å².